The lowest BCUT2D eigenvalue weighted by atomic mass is 10.2. The van der Waals surface area contributed by atoms with E-state index in [1.165, 1.54) is 6.20 Å². The van der Waals surface area contributed by atoms with Gasteiger partial charge in [-0.05, 0) is 13.3 Å². The van der Waals surface area contributed by atoms with Gasteiger partial charge in [0.05, 0.1) is 18.4 Å². The number of methoxy groups -OCH3 is 1. The summed E-state index contributed by atoms with van der Waals surface area (Å²) in [6.07, 6.45) is 4.07. The van der Waals surface area contributed by atoms with Gasteiger partial charge in [0, 0.05) is 46.4 Å². The number of amides is 1. The van der Waals surface area contributed by atoms with Crippen LogP contribution in [0.3, 0.4) is 0 Å². The first-order chi connectivity index (χ1) is 11.1. The highest BCUT2D eigenvalue weighted by atomic mass is 35.5. The van der Waals surface area contributed by atoms with E-state index >= 15 is 0 Å². The Morgan fingerprint density at radius 2 is 2.13 bits per heavy atom. The molecule has 7 nitrogen and oxygen atoms in total. The number of rotatable bonds is 7. The number of carbonyl (C=O) groups is 1. The number of aromatic nitrogens is 2. The molecule has 1 aliphatic rings. The molecule has 0 bridgehead atoms. The van der Waals surface area contributed by atoms with Gasteiger partial charge in [0.25, 0.3) is 0 Å². The highest BCUT2D eigenvalue weighted by Crippen LogP contribution is 2.16. The third-order valence-electron chi connectivity index (χ3n) is 3.98. The maximum atomic E-state index is 12.2. The fourth-order valence-corrected chi connectivity index (χ4v) is 2.71. The lowest BCUT2D eigenvalue weighted by Crippen LogP contribution is -2.54. The van der Waals surface area contributed by atoms with E-state index < -0.39 is 0 Å². The maximum Gasteiger partial charge on any atom is 0.237 e. The lowest BCUT2D eigenvalue weighted by Gasteiger charge is -2.37. The van der Waals surface area contributed by atoms with E-state index in [0.717, 1.165) is 38.4 Å². The highest BCUT2D eigenvalue weighted by molar-refractivity contribution is 6.29. The van der Waals surface area contributed by atoms with Gasteiger partial charge in [-0.1, -0.05) is 11.6 Å². The number of hydrogen-bond acceptors (Lipinski definition) is 6. The molecule has 2 rings (SSSR count). The van der Waals surface area contributed by atoms with Crippen molar-refractivity contribution in [2.24, 2.45) is 0 Å². The summed E-state index contributed by atoms with van der Waals surface area (Å²) in [5, 5.41) is 3.35. The normalized spacial score (nSPS) is 17.1. The Morgan fingerprint density at radius 3 is 2.78 bits per heavy atom. The second kappa shape index (κ2) is 9.00. The minimum atomic E-state index is -0.134. The molecule has 0 saturated carbocycles. The molecule has 1 atom stereocenters. The van der Waals surface area contributed by atoms with E-state index in [1.807, 2.05) is 6.92 Å². The van der Waals surface area contributed by atoms with Crippen LogP contribution in [0.1, 0.15) is 13.3 Å². The van der Waals surface area contributed by atoms with Crippen LogP contribution >= 0.6 is 11.6 Å². The Labute approximate surface area is 142 Å². The van der Waals surface area contributed by atoms with Crippen LogP contribution in [0.5, 0.6) is 0 Å². The van der Waals surface area contributed by atoms with Gasteiger partial charge in [0.2, 0.25) is 5.91 Å². The Kier molecular flexibility index (Phi) is 7.01. The monoisotopic (exact) mass is 341 g/mol. The van der Waals surface area contributed by atoms with E-state index in [2.05, 4.69) is 25.1 Å². The molecule has 1 aromatic heterocycles. The van der Waals surface area contributed by atoms with E-state index in [-0.39, 0.29) is 11.9 Å². The Morgan fingerprint density at radius 1 is 1.39 bits per heavy atom. The van der Waals surface area contributed by atoms with Crippen molar-refractivity contribution in [1.82, 2.24) is 20.2 Å². The molecule has 0 aliphatic carbocycles. The minimum Gasteiger partial charge on any atom is -0.385 e. The van der Waals surface area contributed by atoms with Gasteiger partial charge in [0.1, 0.15) is 11.0 Å². The molecule has 2 heterocycles. The molecule has 0 spiro atoms. The fraction of sp³-hybridized carbons (Fsp3) is 0.667. The van der Waals surface area contributed by atoms with Crippen molar-refractivity contribution in [3.63, 3.8) is 0 Å². The third kappa shape index (κ3) is 5.30. The van der Waals surface area contributed by atoms with Gasteiger partial charge in [-0.25, -0.2) is 4.98 Å². The van der Waals surface area contributed by atoms with E-state index in [0.29, 0.717) is 18.3 Å². The van der Waals surface area contributed by atoms with Crippen molar-refractivity contribution in [1.29, 1.82) is 0 Å². The van der Waals surface area contributed by atoms with Crippen molar-refractivity contribution in [2.75, 3.05) is 51.3 Å². The molecule has 1 aromatic rings. The van der Waals surface area contributed by atoms with Crippen LogP contribution in [-0.4, -0.2) is 73.3 Å². The van der Waals surface area contributed by atoms with Crippen molar-refractivity contribution >= 4 is 23.3 Å². The Hall–Kier alpha value is -1.44. The van der Waals surface area contributed by atoms with Crippen molar-refractivity contribution in [3.05, 3.63) is 17.5 Å². The average molecular weight is 342 g/mol. The zero-order valence-electron chi connectivity index (χ0n) is 13.7. The number of halogens is 1. The molecule has 0 aromatic carbocycles. The predicted molar refractivity (Wildman–Crippen MR) is 89.8 cm³/mol. The first-order valence-electron chi connectivity index (χ1n) is 7.85. The summed E-state index contributed by atoms with van der Waals surface area (Å²) in [5.41, 5.74) is 0. The van der Waals surface area contributed by atoms with Gasteiger partial charge in [0.15, 0.2) is 0 Å². The molecule has 0 radical (unpaired) electrons. The average Bonchev–Trinajstić information content (AvgIpc) is 2.58. The van der Waals surface area contributed by atoms with Gasteiger partial charge in [-0.3, -0.25) is 14.7 Å². The van der Waals surface area contributed by atoms with Gasteiger partial charge >= 0.3 is 0 Å². The number of nitrogens with one attached hydrogen (secondary N) is 1. The summed E-state index contributed by atoms with van der Waals surface area (Å²) < 4.78 is 4.98. The molecule has 128 valence electrons. The number of ether oxygens (including phenoxy) is 1. The lowest BCUT2D eigenvalue weighted by molar-refractivity contribution is -0.126. The second-order valence-corrected chi connectivity index (χ2v) is 5.92. The van der Waals surface area contributed by atoms with Crippen LogP contribution in [-0.2, 0) is 9.53 Å². The summed E-state index contributed by atoms with van der Waals surface area (Å²) in [6, 6.07) is -0.134. The van der Waals surface area contributed by atoms with Crippen LogP contribution in [0.4, 0.5) is 5.82 Å². The van der Waals surface area contributed by atoms with Crippen LogP contribution < -0.4 is 10.2 Å². The molecule has 1 aliphatic heterocycles. The van der Waals surface area contributed by atoms with Gasteiger partial charge < -0.3 is 15.0 Å². The summed E-state index contributed by atoms with van der Waals surface area (Å²) in [5.74, 6) is 0.853. The van der Waals surface area contributed by atoms with Crippen LogP contribution in [0, 0.1) is 0 Å². The van der Waals surface area contributed by atoms with E-state index in [1.54, 1.807) is 13.3 Å². The number of anilines is 1. The highest BCUT2D eigenvalue weighted by Gasteiger charge is 2.25. The predicted octanol–water partition coefficient (Wildman–Crippen LogP) is 0.793. The first-order valence-corrected chi connectivity index (χ1v) is 8.23. The second-order valence-electron chi connectivity index (χ2n) is 5.54. The molecule has 1 N–H and O–H groups in total. The summed E-state index contributed by atoms with van der Waals surface area (Å²) >= 11 is 5.88. The SMILES string of the molecule is COCCCNC(=O)C(C)N1CCN(c2cncc(Cl)n2)CC1. The third-order valence-corrected chi connectivity index (χ3v) is 4.16. The molecule has 8 heteroatoms. The van der Waals surface area contributed by atoms with E-state index in [9.17, 15) is 4.79 Å². The van der Waals surface area contributed by atoms with Crippen molar-refractivity contribution < 1.29 is 9.53 Å². The zero-order valence-corrected chi connectivity index (χ0v) is 14.4. The summed E-state index contributed by atoms with van der Waals surface area (Å²) in [6.45, 7) is 6.47. The molecule has 1 amide bonds. The smallest absolute Gasteiger partial charge is 0.237 e. The molecule has 23 heavy (non-hydrogen) atoms. The van der Waals surface area contributed by atoms with Gasteiger partial charge in [-0.2, -0.15) is 0 Å². The zero-order chi connectivity index (χ0) is 16.7. The van der Waals surface area contributed by atoms with Crippen LogP contribution in [0.25, 0.3) is 0 Å². The summed E-state index contributed by atoms with van der Waals surface area (Å²) in [4.78, 5) is 24.8. The largest absolute Gasteiger partial charge is 0.385 e. The Balaban J connectivity index is 1.78. The Bertz CT molecular complexity index is 508. The van der Waals surface area contributed by atoms with Gasteiger partial charge in [-0.15, -0.1) is 0 Å². The molecular formula is C15H24ClN5O2. The first kappa shape index (κ1) is 17.9. The minimum absolute atomic E-state index is 0.0668. The van der Waals surface area contributed by atoms with Crippen LogP contribution in [0.2, 0.25) is 5.15 Å². The van der Waals surface area contributed by atoms with Crippen LogP contribution in [0.15, 0.2) is 12.4 Å². The number of hydrogen-bond donors (Lipinski definition) is 1. The number of piperazine rings is 1. The molecule has 1 fully saturated rings. The topological polar surface area (TPSA) is 70.6 Å². The number of nitrogens with zero attached hydrogens (tertiary/aromatic N) is 4. The fourth-order valence-electron chi connectivity index (χ4n) is 2.56. The van der Waals surface area contributed by atoms with E-state index in [4.69, 9.17) is 16.3 Å². The molecule has 1 saturated heterocycles. The maximum absolute atomic E-state index is 12.2. The molecular weight excluding hydrogens is 318 g/mol. The van der Waals surface area contributed by atoms with Crippen molar-refractivity contribution in [2.45, 2.75) is 19.4 Å². The summed E-state index contributed by atoms with van der Waals surface area (Å²) in [7, 11) is 1.66. The quantitative estimate of drug-likeness (QED) is 0.739. The standard InChI is InChI=1S/C15H24ClN5O2/c1-12(15(22)18-4-3-9-23-2)20-5-7-21(8-6-20)14-11-17-10-13(16)19-14/h10-12H,3-9H2,1-2H3,(H,18,22). The number of carbonyl (C=O) groups excluding carboxylic acids is 1. The molecule has 1 unspecified atom stereocenters. The van der Waals surface area contributed by atoms with Crippen molar-refractivity contribution in [3.8, 4) is 0 Å².